The largest absolute Gasteiger partial charge is 0.385 e. The molecular formula is C24H27ClN2O3. The predicted molar refractivity (Wildman–Crippen MR) is 116 cm³/mol. The monoisotopic (exact) mass is 426 g/mol. The third-order valence-electron chi connectivity index (χ3n) is 6.35. The summed E-state index contributed by atoms with van der Waals surface area (Å²) in [4.78, 5) is 29.9. The van der Waals surface area contributed by atoms with E-state index in [4.69, 9.17) is 11.6 Å². The summed E-state index contributed by atoms with van der Waals surface area (Å²) in [6.07, 6.45) is 0.915. The standard InChI is InChI=1S/C24H27ClN2O3/c1-16(2)21(27-15-17-5-3-4-6-20(17)22(27)28)23(29)26-13-11-24(30,12-14-26)18-7-9-19(25)10-8-18/h3-10,16,21,30H,11-15H2,1-2H3/t21-/m0/s1. The summed E-state index contributed by atoms with van der Waals surface area (Å²) >= 11 is 5.97. The fourth-order valence-corrected chi connectivity index (χ4v) is 4.74. The molecule has 0 aliphatic carbocycles. The first-order valence-corrected chi connectivity index (χ1v) is 10.8. The maximum atomic E-state index is 13.4. The van der Waals surface area contributed by atoms with Crippen LogP contribution < -0.4 is 0 Å². The SMILES string of the molecule is CC(C)[C@@H](C(=O)N1CCC(O)(c2ccc(Cl)cc2)CC1)N1Cc2ccccc2C1=O. The number of hydrogen-bond donors (Lipinski definition) is 1. The second-order valence-corrected chi connectivity index (χ2v) is 9.08. The lowest BCUT2D eigenvalue weighted by Gasteiger charge is -2.41. The van der Waals surface area contributed by atoms with Crippen molar-refractivity contribution in [1.29, 1.82) is 0 Å². The summed E-state index contributed by atoms with van der Waals surface area (Å²) < 4.78 is 0. The van der Waals surface area contributed by atoms with Crippen LogP contribution in [0.4, 0.5) is 0 Å². The lowest BCUT2D eigenvalue weighted by molar-refractivity contribution is -0.142. The number of benzene rings is 2. The first-order valence-electron chi connectivity index (χ1n) is 10.5. The van der Waals surface area contributed by atoms with Gasteiger partial charge in [-0.05, 0) is 48.1 Å². The van der Waals surface area contributed by atoms with Gasteiger partial charge >= 0.3 is 0 Å². The number of rotatable bonds is 4. The van der Waals surface area contributed by atoms with Crippen LogP contribution in [0.1, 0.15) is 48.2 Å². The highest BCUT2D eigenvalue weighted by Crippen LogP contribution is 2.35. The fourth-order valence-electron chi connectivity index (χ4n) is 4.61. The van der Waals surface area contributed by atoms with Gasteiger partial charge in [0, 0.05) is 30.2 Å². The minimum Gasteiger partial charge on any atom is -0.385 e. The minimum atomic E-state index is -0.964. The molecule has 2 heterocycles. The average Bonchev–Trinajstić information content (AvgIpc) is 3.05. The molecule has 1 fully saturated rings. The highest BCUT2D eigenvalue weighted by atomic mass is 35.5. The second kappa shape index (κ2) is 8.05. The van der Waals surface area contributed by atoms with Gasteiger partial charge in [0.15, 0.2) is 0 Å². The van der Waals surface area contributed by atoms with Crippen molar-refractivity contribution in [2.45, 2.75) is 44.9 Å². The molecule has 1 atom stereocenters. The molecule has 0 aromatic heterocycles. The number of fused-ring (bicyclic) bond motifs is 1. The molecule has 6 heteroatoms. The molecule has 5 nitrogen and oxygen atoms in total. The van der Waals surface area contributed by atoms with E-state index in [-0.39, 0.29) is 17.7 Å². The van der Waals surface area contributed by atoms with Crippen molar-refractivity contribution >= 4 is 23.4 Å². The van der Waals surface area contributed by atoms with Crippen LogP contribution in [-0.2, 0) is 16.9 Å². The number of halogens is 1. The van der Waals surface area contributed by atoms with Gasteiger partial charge in [0.2, 0.25) is 5.91 Å². The number of amides is 2. The van der Waals surface area contributed by atoms with E-state index in [0.717, 1.165) is 11.1 Å². The van der Waals surface area contributed by atoms with E-state index in [1.54, 1.807) is 21.9 Å². The first kappa shape index (κ1) is 20.9. The van der Waals surface area contributed by atoms with Gasteiger partial charge in [0.05, 0.1) is 5.60 Å². The van der Waals surface area contributed by atoms with Gasteiger partial charge in [0.25, 0.3) is 5.91 Å². The third kappa shape index (κ3) is 3.72. The maximum absolute atomic E-state index is 13.4. The molecule has 4 rings (SSSR count). The number of aliphatic hydroxyl groups is 1. The smallest absolute Gasteiger partial charge is 0.255 e. The Morgan fingerprint density at radius 2 is 1.70 bits per heavy atom. The summed E-state index contributed by atoms with van der Waals surface area (Å²) in [5.41, 5.74) is 1.52. The zero-order valence-electron chi connectivity index (χ0n) is 17.3. The molecule has 2 amide bonds. The number of nitrogens with zero attached hydrogens (tertiary/aromatic N) is 2. The van der Waals surface area contributed by atoms with E-state index < -0.39 is 11.6 Å². The van der Waals surface area contributed by atoms with E-state index in [1.807, 2.05) is 50.2 Å². The van der Waals surface area contributed by atoms with Crippen LogP contribution in [0.15, 0.2) is 48.5 Å². The zero-order valence-corrected chi connectivity index (χ0v) is 18.1. The fraction of sp³-hybridized carbons (Fsp3) is 0.417. The van der Waals surface area contributed by atoms with Crippen molar-refractivity contribution in [3.63, 3.8) is 0 Å². The van der Waals surface area contributed by atoms with Crippen molar-refractivity contribution in [2.75, 3.05) is 13.1 Å². The Labute approximate surface area is 182 Å². The predicted octanol–water partition coefficient (Wildman–Crippen LogP) is 3.83. The Kier molecular flexibility index (Phi) is 5.60. The molecule has 2 aliphatic heterocycles. The molecule has 0 unspecified atom stereocenters. The van der Waals surface area contributed by atoms with E-state index >= 15 is 0 Å². The Hall–Kier alpha value is -2.37. The van der Waals surface area contributed by atoms with E-state index in [1.165, 1.54) is 0 Å². The quantitative estimate of drug-likeness (QED) is 0.808. The molecule has 2 aliphatic rings. The lowest BCUT2D eigenvalue weighted by Crippen LogP contribution is -2.54. The van der Waals surface area contributed by atoms with Crippen molar-refractivity contribution in [3.05, 3.63) is 70.2 Å². The van der Waals surface area contributed by atoms with Crippen LogP contribution in [0, 0.1) is 5.92 Å². The summed E-state index contributed by atoms with van der Waals surface area (Å²) in [5.74, 6) is -0.121. The van der Waals surface area contributed by atoms with Gasteiger partial charge in [-0.15, -0.1) is 0 Å². The van der Waals surface area contributed by atoms with Crippen LogP contribution in [0.5, 0.6) is 0 Å². The number of carbonyl (C=O) groups excluding carboxylic acids is 2. The van der Waals surface area contributed by atoms with Crippen molar-refractivity contribution in [2.24, 2.45) is 5.92 Å². The number of likely N-dealkylation sites (tertiary alicyclic amines) is 1. The third-order valence-corrected chi connectivity index (χ3v) is 6.61. The topological polar surface area (TPSA) is 60.9 Å². The van der Waals surface area contributed by atoms with Crippen LogP contribution in [0.3, 0.4) is 0 Å². The Balaban J connectivity index is 1.48. The lowest BCUT2D eigenvalue weighted by atomic mass is 9.84. The Morgan fingerprint density at radius 1 is 1.07 bits per heavy atom. The van der Waals surface area contributed by atoms with E-state index in [2.05, 4.69) is 0 Å². The van der Waals surface area contributed by atoms with Crippen LogP contribution in [0.25, 0.3) is 0 Å². The molecule has 0 radical (unpaired) electrons. The summed E-state index contributed by atoms with van der Waals surface area (Å²) in [5, 5.41) is 11.7. The summed E-state index contributed by atoms with van der Waals surface area (Å²) in [6, 6.07) is 14.3. The van der Waals surface area contributed by atoms with Crippen molar-refractivity contribution < 1.29 is 14.7 Å². The van der Waals surface area contributed by atoms with Gasteiger partial charge in [-0.2, -0.15) is 0 Å². The minimum absolute atomic E-state index is 0.00663. The van der Waals surface area contributed by atoms with Crippen LogP contribution in [-0.4, -0.2) is 45.9 Å². The summed E-state index contributed by atoms with van der Waals surface area (Å²) in [7, 11) is 0. The molecule has 1 saturated heterocycles. The zero-order chi connectivity index (χ0) is 21.5. The number of hydrogen-bond acceptors (Lipinski definition) is 3. The molecule has 30 heavy (non-hydrogen) atoms. The average molecular weight is 427 g/mol. The van der Waals surface area contributed by atoms with Crippen LogP contribution >= 0.6 is 11.6 Å². The number of carbonyl (C=O) groups is 2. The second-order valence-electron chi connectivity index (χ2n) is 8.64. The van der Waals surface area contributed by atoms with Crippen molar-refractivity contribution in [1.82, 2.24) is 9.80 Å². The number of piperidine rings is 1. The molecule has 158 valence electrons. The van der Waals surface area contributed by atoms with Crippen LogP contribution in [0.2, 0.25) is 5.02 Å². The molecule has 0 saturated carbocycles. The highest BCUT2D eigenvalue weighted by Gasteiger charge is 2.42. The Morgan fingerprint density at radius 3 is 2.30 bits per heavy atom. The van der Waals surface area contributed by atoms with Gasteiger partial charge in [-0.3, -0.25) is 9.59 Å². The molecule has 1 N–H and O–H groups in total. The molecule has 0 bridgehead atoms. The molecule has 2 aromatic carbocycles. The molecule has 0 spiro atoms. The van der Waals surface area contributed by atoms with E-state index in [9.17, 15) is 14.7 Å². The van der Waals surface area contributed by atoms with Gasteiger partial charge in [-0.1, -0.05) is 55.8 Å². The van der Waals surface area contributed by atoms with Gasteiger partial charge in [0.1, 0.15) is 6.04 Å². The van der Waals surface area contributed by atoms with Gasteiger partial charge in [-0.25, -0.2) is 0 Å². The maximum Gasteiger partial charge on any atom is 0.255 e. The van der Waals surface area contributed by atoms with Gasteiger partial charge < -0.3 is 14.9 Å². The Bertz CT molecular complexity index is 949. The first-order chi connectivity index (χ1) is 14.3. The normalized spacial score (nSPS) is 19.2. The molecule has 2 aromatic rings. The highest BCUT2D eigenvalue weighted by molar-refractivity contribution is 6.30. The van der Waals surface area contributed by atoms with Crippen molar-refractivity contribution in [3.8, 4) is 0 Å². The van der Waals surface area contributed by atoms with E-state index in [0.29, 0.717) is 43.1 Å². The molecular weight excluding hydrogens is 400 g/mol. The summed E-state index contributed by atoms with van der Waals surface area (Å²) in [6.45, 7) is 5.33.